The number of benzene rings is 2. The van der Waals surface area contributed by atoms with Crippen molar-refractivity contribution in [1.82, 2.24) is 0 Å². The maximum absolute atomic E-state index is 13.0. The first-order valence-corrected chi connectivity index (χ1v) is 8.03. The molecule has 2 N–H and O–H groups in total. The first kappa shape index (κ1) is 13.8. The van der Waals surface area contributed by atoms with Crippen LogP contribution in [-0.2, 0) is 12.2 Å². The Kier molecular flexibility index (Phi) is 3.89. The quantitative estimate of drug-likeness (QED) is 0.656. The highest BCUT2D eigenvalue weighted by atomic mass is 79.9. The third-order valence-corrected chi connectivity index (χ3v) is 4.78. The molecule has 0 amide bonds. The van der Waals surface area contributed by atoms with E-state index in [0.717, 1.165) is 39.5 Å². The van der Waals surface area contributed by atoms with Crippen LogP contribution in [0.2, 0.25) is 0 Å². The maximum atomic E-state index is 13.0. The zero-order valence-corrected chi connectivity index (χ0v) is 13.1. The van der Waals surface area contributed by atoms with Crippen molar-refractivity contribution in [3.05, 3.63) is 51.7 Å². The molecule has 2 aromatic carbocycles. The molecule has 2 nitrogen and oxygen atoms in total. The average molecular weight is 354 g/mol. The lowest BCUT2D eigenvalue weighted by atomic mass is 10.1. The number of nitrogen functional groups attached to an aromatic ring is 1. The Hall–Kier alpha value is -1.20. The van der Waals surface area contributed by atoms with E-state index >= 15 is 0 Å². The van der Waals surface area contributed by atoms with Crippen LogP contribution in [0.4, 0.5) is 10.1 Å². The molecule has 0 aliphatic carbocycles. The van der Waals surface area contributed by atoms with Crippen LogP contribution in [0, 0.1) is 5.82 Å². The summed E-state index contributed by atoms with van der Waals surface area (Å²) in [6.45, 7) is 0.738. The van der Waals surface area contributed by atoms with Gasteiger partial charge < -0.3 is 10.5 Å². The lowest BCUT2D eigenvalue weighted by molar-refractivity contribution is 0.354. The predicted molar refractivity (Wildman–Crippen MR) is 83.7 cm³/mol. The topological polar surface area (TPSA) is 35.2 Å². The van der Waals surface area contributed by atoms with Crippen LogP contribution in [-0.4, -0.2) is 6.61 Å². The number of halogens is 2. The summed E-state index contributed by atoms with van der Waals surface area (Å²) in [6, 6.07) is 8.67. The van der Waals surface area contributed by atoms with Gasteiger partial charge in [0, 0.05) is 32.8 Å². The van der Waals surface area contributed by atoms with E-state index in [1.165, 1.54) is 17.7 Å². The van der Waals surface area contributed by atoms with Gasteiger partial charge in [-0.3, -0.25) is 0 Å². The van der Waals surface area contributed by atoms with E-state index in [2.05, 4.69) is 28.1 Å². The average Bonchev–Trinajstić information content (AvgIpc) is 2.85. The van der Waals surface area contributed by atoms with Crippen LogP contribution in [0.1, 0.15) is 11.1 Å². The molecule has 5 heteroatoms. The molecule has 0 radical (unpaired) electrons. The summed E-state index contributed by atoms with van der Waals surface area (Å²) in [5.74, 6) is 1.43. The third-order valence-electron chi connectivity index (χ3n) is 3.18. The van der Waals surface area contributed by atoms with Gasteiger partial charge in [-0.25, -0.2) is 4.39 Å². The maximum Gasteiger partial charge on any atom is 0.126 e. The Morgan fingerprint density at radius 2 is 2.15 bits per heavy atom. The van der Waals surface area contributed by atoms with Crippen LogP contribution < -0.4 is 10.5 Å². The van der Waals surface area contributed by atoms with E-state index in [1.807, 2.05) is 0 Å². The van der Waals surface area contributed by atoms with Gasteiger partial charge in [0.25, 0.3) is 0 Å². The Morgan fingerprint density at radius 3 is 2.95 bits per heavy atom. The molecule has 0 atom stereocenters. The van der Waals surface area contributed by atoms with Gasteiger partial charge in [0.2, 0.25) is 0 Å². The molecule has 0 bridgehead atoms. The van der Waals surface area contributed by atoms with Gasteiger partial charge >= 0.3 is 0 Å². The van der Waals surface area contributed by atoms with E-state index in [0.29, 0.717) is 5.69 Å². The summed E-state index contributed by atoms with van der Waals surface area (Å²) >= 11 is 5.12. The molecule has 1 heterocycles. The first-order valence-electron chi connectivity index (χ1n) is 6.25. The minimum atomic E-state index is -0.307. The van der Waals surface area contributed by atoms with Crippen molar-refractivity contribution in [2.45, 2.75) is 17.1 Å². The van der Waals surface area contributed by atoms with Crippen LogP contribution in [0.3, 0.4) is 0 Å². The number of hydrogen-bond acceptors (Lipinski definition) is 3. The predicted octanol–water partition coefficient (Wildman–Crippen LogP) is 4.40. The second-order valence-electron chi connectivity index (χ2n) is 4.62. The summed E-state index contributed by atoms with van der Waals surface area (Å²) in [5, 5.41) is 0. The lowest BCUT2D eigenvalue weighted by Gasteiger charge is -2.10. The van der Waals surface area contributed by atoms with Crippen molar-refractivity contribution in [3.63, 3.8) is 0 Å². The zero-order chi connectivity index (χ0) is 14.1. The highest BCUT2D eigenvalue weighted by Gasteiger charge is 2.17. The van der Waals surface area contributed by atoms with E-state index < -0.39 is 0 Å². The largest absolute Gasteiger partial charge is 0.493 e. The van der Waals surface area contributed by atoms with E-state index in [1.54, 1.807) is 17.8 Å². The molecule has 20 heavy (non-hydrogen) atoms. The van der Waals surface area contributed by atoms with Gasteiger partial charge in [0.15, 0.2) is 0 Å². The summed E-state index contributed by atoms with van der Waals surface area (Å²) in [6.07, 6.45) is 0.950. The van der Waals surface area contributed by atoms with Crippen LogP contribution >= 0.6 is 27.7 Å². The van der Waals surface area contributed by atoms with Crippen molar-refractivity contribution >= 4 is 33.4 Å². The van der Waals surface area contributed by atoms with E-state index in [4.69, 9.17) is 10.5 Å². The van der Waals surface area contributed by atoms with Gasteiger partial charge in [-0.05, 0) is 35.9 Å². The number of rotatable bonds is 3. The molecule has 1 aliphatic heterocycles. The fraction of sp³-hybridized carbons (Fsp3) is 0.200. The molecule has 2 aromatic rings. The lowest BCUT2D eigenvalue weighted by Crippen LogP contribution is -1.93. The van der Waals surface area contributed by atoms with E-state index in [-0.39, 0.29) is 5.82 Å². The smallest absolute Gasteiger partial charge is 0.126 e. The van der Waals surface area contributed by atoms with Crippen molar-refractivity contribution < 1.29 is 9.13 Å². The molecule has 0 fully saturated rings. The van der Waals surface area contributed by atoms with Crippen LogP contribution in [0.25, 0.3) is 0 Å². The second-order valence-corrected chi connectivity index (χ2v) is 6.56. The molecule has 104 valence electrons. The zero-order valence-electron chi connectivity index (χ0n) is 10.7. The second kappa shape index (κ2) is 5.66. The fourth-order valence-corrected chi connectivity index (χ4v) is 3.73. The van der Waals surface area contributed by atoms with Crippen LogP contribution in [0.15, 0.2) is 39.7 Å². The summed E-state index contributed by atoms with van der Waals surface area (Å²) < 4.78 is 19.8. The number of fused-ring (bicyclic) bond motifs is 1. The highest BCUT2D eigenvalue weighted by Crippen LogP contribution is 2.37. The SMILES string of the molecule is Nc1cc(F)ccc1SCc1cc(Br)cc2c1OCC2. The summed E-state index contributed by atoms with van der Waals surface area (Å²) in [5.41, 5.74) is 8.68. The van der Waals surface area contributed by atoms with Crippen molar-refractivity contribution in [3.8, 4) is 5.75 Å². The molecule has 0 saturated carbocycles. The highest BCUT2D eigenvalue weighted by molar-refractivity contribution is 9.10. The summed E-state index contributed by atoms with van der Waals surface area (Å²) in [4.78, 5) is 0.887. The number of hydrogen-bond donors (Lipinski definition) is 1. The number of nitrogens with two attached hydrogens (primary N) is 1. The standard InChI is InChI=1S/C15H13BrFNOS/c16-11-5-9-3-4-19-15(9)10(6-11)8-20-14-2-1-12(17)7-13(14)18/h1-2,5-7H,3-4,8,18H2. The molecule has 3 rings (SSSR count). The van der Waals surface area contributed by atoms with Crippen molar-refractivity contribution in [2.75, 3.05) is 12.3 Å². The van der Waals surface area contributed by atoms with Gasteiger partial charge in [-0.1, -0.05) is 15.9 Å². The monoisotopic (exact) mass is 353 g/mol. The van der Waals surface area contributed by atoms with Gasteiger partial charge in [-0.15, -0.1) is 11.8 Å². The molecule has 1 aliphatic rings. The number of ether oxygens (including phenoxy) is 1. The number of anilines is 1. The fourth-order valence-electron chi connectivity index (χ4n) is 2.26. The molecule has 0 unspecified atom stereocenters. The normalized spacial score (nSPS) is 13.1. The minimum Gasteiger partial charge on any atom is -0.493 e. The van der Waals surface area contributed by atoms with Crippen molar-refractivity contribution in [2.24, 2.45) is 0 Å². The molecular formula is C15H13BrFNOS. The van der Waals surface area contributed by atoms with Crippen LogP contribution in [0.5, 0.6) is 5.75 Å². The van der Waals surface area contributed by atoms with Gasteiger partial charge in [-0.2, -0.15) is 0 Å². The van der Waals surface area contributed by atoms with E-state index in [9.17, 15) is 4.39 Å². The van der Waals surface area contributed by atoms with Gasteiger partial charge in [0.1, 0.15) is 11.6 Å². The first-order chi connectivity index (χ1) is 9.63. The molecule has 0 spiro atoms. The third kappa shape index (κ3) is 2.79. The Morgan fingerprint density at radius 1 is 1.30 bits per heavy atom. The molecule has 0 saturated heterocycles. The molecule has 0 aromatic heterocycles. The van der Waals surface area contributed by atoms with Gasteiger partial charge in [0.05, 0.1) is 6.61 Å². The molecular weight excluding hydrogens is 341 g/mol. The number of thioether (sulfide) groups is 1. The Labute approximate surface area is 129 Å². The Balaban J connectivity index is 1.82. The Bertz CT molecular complexity index is 663. The van der Waals surface area contributed by atoms with Crippen molar-refractivity contribution in [1.29, 1.82) is 0 Å². The summed E-state index contributed by atoms with van der Waals surface area (Å²) in [7, 11) is 0. The minimum absolute atomic E-state index is 0.307.